The maximum atomic E-state index is 13.0. The summed E-state index contributed by atoms with van der Waals surface area (Å²) in [5, 5.41) is 13.9. The molecule has 3 rings (SSSR count). The van der Waals surface area contributed by atoms with E-state index in [1.165, 1.54) is 18.6 Å². The smallest absolute Gasteiger partial charge is 0.289 e. The van der Waals surface area contributed by atoms with Gasteiger partial charge in [-0.15, -0.1) is 0 Å². The van der Waals surface area contributed by atoms with Gasteiger partial charge >= 0.3 is 0 Å². The normalized spacial score (nSPS) is 16.0. The maximum absolute atomic E-state index is 13.0. The van der Waals surface area contributed by atoms with Crippen molar-refractivity contribution in [2.45, 2.75) is 25.3 Å². The van der Waals surface area contributed by atoms with Gasteiger partial charge in [0.05, 0.1) is 4.92 Å². The summed E-state index contributed by atoms with van der Waals surface area (Å²) in [7, 11) is 0. The fourth-order valence-electron chi connectivity index (χ4n) is 3.28. The van der Waals surface area contributed by atoms with Crippen LogP contribution in [0, 0.1) is 10.1 Å². The molecule has 7 heteroatoms. The third-order valence-electron chi connectivity index (χ3n) is 4.53. The highest BCUT2D eigenvalue weighted by molar-refractivity contribution is 6.32. The fourth-order valence-corrected chi connectivity index (χ4v) is 3.47. The van der Waals surface area contributed by atoms with E-state index in [9.17, 15) is 14.9 Å². The molecule has 1 saturated heterocycles. The Morgan fingerprint density at radius 1 is 1.12 bits per heavy atom. The lowest BCUT2D eigenvalue weighted by atomic mass is 10.0. The molecule has 1 heterocycles. The molecule has 1 N–H and O–H groups in total. The molecule has 0 bridgehead atoms. The third-order valence-corrected chi connectivity index (χ3v) is 4.85. The van der Waals surface area contributed by atoms with E-state index in [2.05, 4.69) is 10.2 Å². The Bertz CT molecular complexity index is 792. The van der Waals surface area contributed by atoms with Crippen molar-refractivity contribution < 1.29 is 9.72 Å². The van der Waals surface area contributed by atoms with Gasteiger partial charge in [-0.3, -0.25) is 19.8 Å². The van der Waals surface area contributed by atoms with Crippen LogP contribution in [0.5, 0.6) is 0 Å². The highest BCUT2D eigenvalue weighted by Crippen LogP contribution is 2.30. The number of rotatable bonds is 5. The number of carbonyl (C=O) groups is 1. The second-order valence-corrected chi connectivity index (χ2v) is 6.73. The summed E-state index contributed by atoms with van der Waals surface area (Å²) in [4.78, 5) is 25.7. The SMILES string of the molecule is O=C(Nc1ccc(Cl)c([N+](=O)[O-])c1)[C@@H](c1ccccc1)N1CCCCC1. The van der Waals surface area contributed by atoms with Crippen molar-refractivity contribution in [1.82, 2.24) is 4.90 Å². The van der Waals surface area contributed by atoms with E-state index in [1.807, 2.05) is 30.3 Å². The predicted molar refractivity (Wildman–Crippen MR) is 101 cm³/mol. The lowest BCUT2D eigenvalue weighted by Crippen LogP contribution is -2.40. The molecule has 6 nitrogen and oxygen atoms in total. The molecular formula is C19H20ClN3O3. The number of likely N-dealkylation sites (tertiary alicyclic amines) is 1. The van der Waals surface area contributed by atoms with Crippen LogP contribution in [0.1, 0.15) is 30.9 Å². The number of nitro groups is 1. The number of nitro benzene ring substituents is 1. The van der Waals surface area contributed by atoms with Gasteiger partial charge in [0.1, 0.15) is 11.1 Å². The quantitative estimate of drug-likeness (QED) is 0.622. The number of hydrogen-bond acceptors (Lipinski definition) is 4. The highest BCUT2D eigenvalue weighted by Gasteiger charge is 2.29. The molecule has 26 heavy (non-hydrogen) atoms. The molecule has 1 aliphatic rings. The van der Waals surface area contributed by atoms with Gasteiger partial charge in [0, 0.05) is 11.8 Å². The van der Waals surface area contributed by atoms with E-state index in [-0.39, 0.29) is 16.6 Å². The monoisotopic (exact) mass is 373 g/mol. The zero-order valence-electron chi connectivity index (χ0n) is 14.2. The number of nitrogens with zero attached hydrogens (tertiary/aromatic N) is 2. The third kappa shape index (κ3) is 4.20. The van der Waals surface area contributed by atoms with E-state index in [4.69, 9.17) is 11.6 Å². The van der Waals surface area contributed by atoms with Crippen LogP contribution in [-0.2, 0) is 4.79 Å². The Morgan fingerprint density at radius 3 is 2.46 bits per heavy atom. The Balaban J connectivity index is 1.86. The molecule has 0 radical (unpaired) electrons. The summed E-state index contributed by atoms with van der Waals surface area (Å²) in [6.07, 6.45) is 3.29. The van der Waals surface area contributed by atoms with Crippen molar-refractivity contribution >= 4 is 28.9 Å². The van der Waals surface area contributed by atoms with Crippen molar-refractivity contribution in [2.24, 2.45) is 0 Å². The summed E-state index contributed by atoms with van der Waals surface area (Å²) < 4.78 is 0. The second kappa shape index (κ2) is 8.29. The van der Waals surface area contributed by atoms with Gasteiger partial charge in [-0.2, -0.15) is 0 Å². The minimum absolute atomic E-state index is 0.0450. The van der Waals surface area contributed by atoms with Crippen molar-refractivity contribution in [1.29, 1.82) is 0 Å². The summed E-state index contributed by atoms with van der Waals surface area (Å²) in [6, 6.07) is 13.5. The number of amides is 1. The number of hydrogen-bond donors (Lipinski definition) is 1. The Kier molecular flexibility index (Phi) is 5.85. The van der Waals surface area contributed by atoms with Crippen LogP contribution in [0.15, 0.2) is 48.5 Å². The molecule has 2 aromatic carbocycles. The van der Waals surface area contributed by atoms with E-state index in [0.717, 1.165) is 31.5 Å². The van der Waals surface area contributed by atoms with Gasteiger partial charge in [0.15, 0.2) is 0 Å². The van der Waals surface area contributed by atoms with Crippen LogP contribution in [-0.4, -0.2) is 28.8 Å². The minimum Gasteiger partial charge on any atom is -0.324 e. The Morgan fingerprint density at radius 2 is 1.81 bits per heavy atom. The molecule has 1 fully saturated rings. The molecule has 1 aliphatic heterocycles. The molecule has 0 aromatic heterocycles. The van der Waals surface area contributed by atoms with Gasteiger partial charge in [0.2, 0.25) is 5.91 Å². The standard InChI is InChI=1S/C19H20ClN3O3/c20-16-10-9-15(13-17(16)23(25)26)21-19(24)18(14-7-3-1-4-8-14)22-11-5-2-6-12-22/h1,3-4,7-10,13,18H,2,5-6,11-12H2,(H,21,24)/t18-/m1/s1. The van der Waals surface area contributed by atoms with E-state index < -0.39 is 11.0 Å². The van der Waals surface area contributed by atoms with E-state index >= 15 is 0 Å². The Hall–Kier alpha value is -2.44. The van der Waals surface area contributed by atoms with Gasteiger partial charge in [0.25, 0.3) is 5.69 Å². The first-order chi connectivity index (χ1) is 12.6. The molecule has 1 amide bonds. The Labute approximate surface area is 156 Å². The van der Waals surface area contributed by atoms with Gasteiger partial charge < -0.3 is 5.32 Å². The van der Waals surface area contributed by atoms with E-state index in [0.29, 0.717) is 5.69 Å². The summed E-state index contributed by atoms with van der Waals surface area (Å²) in [5.74, 6) is -0.199. The van der Waals surface area contributed by atoms with Crippen molar-refractivity contribution in [3.63, 3.8) is 0 Å². The van der Waals surface area contributed by atoms with Crippen molar-refractivity contribution in [3.8, 4) is 0 Å². The maximum Gasteiger partial charge on any atom is 0.289 e. The van der Waals surface area contributed by atoms with Crippen LogP contribution in [0.25, 0.3) is 0 Å². The average Bonchev–Trinajstić information content (AvgIpc) is 2.65. The minimum atomic E-state index is -0.558. The first kappa shape index (κ1) is 18.4. The van der Waals surface area contributed by atoms with Crippen LogP contribution in [0.4, 0.5) is 11.4 Å². The lowest BCUT2D eigenvalue weighted by Gasteiger charge is -2.33. The molecule has 0 spiro atoms. The molecule has 1 atom stereocenters. The molecule has 2 aromatic rings. The zero-order chi connectivity index (χ0) is 18.5. The molecule has 0 saturated carbocycles. The van der Waals surface area contributed by atoms with Crippen LogP contribution in [0.3, 0.4) is 0 Å². The largest absolute Gasteiger partial charge is 0.324 e. The first-order valence-corrected chi connectivity index (χ1v) is 8.98. The van der Waals surface area contributed by atoms with Gasteiger partial charge in [-0.05, 0) is 43.6 Å². The molecule has 0 unspecified atom stereocenters. The van der Waals surface area contributed by atoms with Crippen molar-refractivity contribution in [3.05, 3.63) is 69.2 Å². The summed E-state index contributed by atoms with van der Waals surface area (Å²) in [6.45, 7) is 1.71. The zero-order valence-corrected chi connectivity index (χ0v) is 15.0. The topological polar surface area (TPSA) is 75.5 Å². The molecular weight excluding hydrogens is 354 g/mol. The number of halogens is 1. The van der Waals surface area contributed by atoms with Crippen LogP contribution >= 0.6 is 11.6 Å². The number of anilines is 1. The van der Waals surface area contributed by atoms with Crippen LogP contribution in [0.2, 0.25) is 5.02 Å². The predicted octanol–water partition coefficient (Wildman–Crippen LogP) is 4.41. The van der Waals surface area contributed by atoms with Gasteiger partial charge in [-0.25, -0.2) is 0 Å². The summed E-state index contributed by atoms with van der Waals surface area (Å²) in [5.41, 5.74) is 1.05. The second-order valence-electron chi connectivity index (χ2n) is 6.32. The highest BCUT2D eigenvalue weighted by atomic mass is 35.5. The fraction of sp³-hybridized carbons (Fsp3) is 0.316. The average molecular weight is 374 g/mol. The van der Waals surface area contributed by atoms with Crippen molar-refractivity contribution in [2.75, 3.05) is 18.4 Å². The number of piperidine rings is 1. The number of nitrogens with one attached hydrogen (secondary N) is 1. The van der Waals surface area contributed by atoms with Gasteiger partial charge in [-0.1, -0.05) is 48.4 Å². The first-order valence-electron chi connectivity index (χ1n) is 8.60. The molecule has 0 aliphatic carbocycles. The lowest BCUT2D eigenvalue weighted by molar-refractivity contribution is -0.384. The summed E-state index contributed by atoms with van der Waals surface area (Å²) >= 11 is 5.85. The molecule has 136 valence electrons. The number of benzene rings is 2. The van der Waals surface area contributed by atoms with E-state index in [1.54, 1.807) is 6.07 Å². The van der Waals surface area contributed by atoms with Crippen LogP contribution < -0.4 is 5.32 Å². The number of carbonyl (C=O) groups excluding carboxylic acids is 1.